The molecule has 0 radical (unpaired) electrons. The van der Waals surface area contributed by atoms with Crippen LogP contribution >= 0.6 is 0 Å². The quantitative estimate of drug-likeness (QED) is 0.323. The maximum absolute atomic E-state index is 10.5. The molecule has 76 valence electrons. The summed E-state index contributed by atoms with van der Waals surface area (Å²) >= 11 is 0. The van der Waals surface area contributed by atoms with Crippen LogP contribution in [-0.2, 0) is 4.79 Å². The molecule has 0 aromatic heterocycles. The molecule has 0 N–H and O–H groups in total. The van der Waals surface area contributed by atoms with E-state index in [1.165, 1.54) is 0 Å². The van der Waals surface area contributed by atoms with Gasteiger partial charge in [0.2, 0.25) is 6.08 Å². The van der Waals surface area contributed by atoms with Crippen molar-refractivity contribution in [2.45, 2.75) is 0 Å². The van der Waals surface area contributed by atoms with E-state index in [0.717, 1.165) is 24.3 Å². The van der Waals surface area contributed by atoms with Crippen LogP contribution in [0.2, 0.25) is 0 Å². The molecule has 0 aliphatic heterocycles. The highest BCUT2D eigenvalue weighted by atomic mass is 16.6. The molecule has 1 aromatic carbocycles. The number of rotatable bonds is 3. The Labute approximate surface area is 82.2 Å². The van der Waals surface area contributed by atoms with E-state index >= 15 is 0 Å². The van der Waals surface area contributed by atoms with Gasteiger partial charge < -0.3 is 0 Å². The van der Waals surface area contributed by atoms with Gasteiger partial charge in [0.05, 0.1) is 15.9 Å². The summed E-state index contributed by atoms with van der Waals surface area (Å²) in [5.74, 6) is 0. The third kappa shape index (κ3) is 2.20. The Morgan fingerprint density at radius 3 is 2.33 bits per heavy atom. The summed E-state index contributed by atoms with van der Waals surface area (Å²) in [6.45, 7) is 0. The molecule has 0 aliphatic carbocycles. The third-order valence-corrected chi connectivity index (χ3v) is 1.53. The zero-order valence-corrected chi connectivity index (χ0v) is 7.11. The fraction of sp³-hybridized carbons (Fsp3) is 0. The van der Waals surface area contributed by atoms with Crippen LogP contribution in [0.3, 0.4) is 0 Å². The van der Waals surface area contributed by atoms with Gasteiger partial charge in [-0.05, 0) is 6.07 Å². The standard InChI is InChI=1S/C7H3N3O5/c11-4-8-6-2-1-5(9(12)13)3-7(6)10(14)15/h1-3H. The second-order valence-electron chi connectivity index (χ2n) is 2.39. The molecule has 0 saturated carbocycles. The number of aliphatic imine (C=N–C) groups is 1. The molecule has 1 rings (SSSR count). The van der Waals surface area contributed by atoms with Gasteiger partial charge in [-0.3, -0.25) is 20.2 Å². The maximum Gasteiger partial charge on any atom is 0.302 e. The number of benzene rings is 1. The largest absolute Gasteiger partial charge is 0.302 e. The van der Waals surface area contributed by atoms with Crippen molar-refractivity contribution in [1.29, 1.82) is 0 Å². The topological polar surface area (TPSA) is 116 Å². The first-order valence-corrected chi connectivity index (χ1v) is 3.57. The minimum absolute atomic E-state index is 0.263. The Bertz CT molecular complexity index is 478. The minimum atomic E-state index is -0.858. The van der Waals surface area contributed by atoms with Crippen LogP contribution in [0.25, 0.3) is 0 Å². The first-order chi connectivity index (χ1) is 7.06. The average molecular weight is 209 g/mol. The number of hydrogen-bond donors (Lipinski definition) is 0. The van der Waals surface area contributed by atoms with Crippen molar-refractivity contribution >= 4 is 23.1 Å². The summed E-state index contributed by atoms with van der Waals surface area (Å²) in [5, 5.41) is 20.8. The minimum Gasteiger partial charge on any atom is -0.258 e. The van der Waals surface area contributed by atoms with E-state index in [4.69, 9.17) is 0 Å². The van der Waals surface area contributed by atoms with Crippen LogP contribution < -0.4 is 0 Å². The summed E-state index contributed by atoms with van der Waals surface area (Å²) in [6, 6.07) is 2.76. The Morgan fingerprint density at radius 1 is 1.20 bits per heavy atom. The Kier molecular flexibility index (Phi) is 2.85. The molecule has 15 heavy (non-hydrogen) atoms. The van der Waals surface area contributed by atoms with Crippen LogP contribution in [0.1, 0.15) is 0 Å². The van der Waals surface area contributed by atoms with Crippen LogP contribution in [0, 0.1) is 20.2 Å². The molecule has 0 atom stereocenters. The lowest BCUT2D eigenvalue weighted by atomic mass is 10.2. The molecule has 0 aliphatic rings. The molecule has 8 heteroatoms. The molecule has 8 nitrogen and oxygen atoms in total. The number of nitro groups is 2. The van der Waals surface area contributed by atoms with E-state index in [1.807, 2.05) is 0 Å². The molecule has 0 heterocycles. The lowest BCUT2D eigenvalue weighted by Crippen LogP contribution is -1.92. The van der Waals surface area contributed by atoms with Gasteiger partial charge in [0.15, 0.2) is 5.69 Å². The highest BCUT2D eigenvalue weighted by Crippen LogP contribution is 2.30. The van der Waals surface area contributed by atoms with E-state index in [9.17, 15) is 25.0 Å². The van der Waals surface area contributed by atoms with Gasteiger partial charge in [-0.1, -0.05) is 0 Å². The highest BCUT2D eigenvalue weighted by Gasteiger charge is 2.18. The number of hydrogen-bond acceptors (Lipinski definition) is 6. The van der Waals surface area contributed by atoms with Gasteiger partial charge in [0, 0.05) is 6.07 Å². The van der Waals surface area contributed by atoms with Crippen LogP contribution in [0.4, 0.5) is 17.1 Å². The monoisotopic (exact) mass is 209 g/mol. The summed E-state index contributed by atoms with van der Waals surface area (Å²) < 4.78 is 0. The fourth-order valence-corrected chi connectivity index (χ4v) is 0.915. The van der Waals surface area contributed by atoms with Crippen LogP contribution in [0.15, 0.2) is 23.2 Å². The van der Waals surface area contributed by atoms with E-state index < -0.39 is 21.2 Å². The lowest BCUT2D eigenvalue weighted by molar-refractivity contribution is -0.393. The maximum atomic E-state index is 10.5. The molecule has 0 spiro atoms. The van der Waals surface area contributed by atoms with Gasteiger partial charge in [-0.25, -0.2) is 4.79 Å². The van der Waals surface area contributed by atoms with E-state index in [0.29, 0.717) is 0 Å². The second kappa shape index (κ2) is 4.07. The number of carbonyl (C=O) groups excluding carboxylic acids is 1. The SMILES string of the molecule is O=C=Nc1ccc([N+](=O)[O-])cc1[N+](=O)[O-]. The predicted octanol–water partition coefficient (Wildman–Crippen LogP) is 1.47. The molecule has 0 bridgehead atoms. The Balaban J connectivity index is 3.39. The molecule has 0 saturated heterocycles. The summed E-state index contributed by atoms with van der Waals surface area (Å²) in [5.41, 5.74) is -1.31. The number of non-ortho nitro benzene ring substituents is 1. The summed E-state index contributed by atoms with van der Waals surface area (Å²) in [7, 11) is 0. The summed E-state index contributed by atoms with van der Waals surface area (Å²) in [6.07, 6.45) is 1.13. The van der Waals surface area contributed by atoms with Crippen molar-refractivity contribution in [1.82, 2.24) is 0 Å². The number of nitrogens with zero attached hydrogens (tertiary/aromatic N) is 3. The Hall–Kier alpha value is -2.60. The predicted molar refractivity (Wildman–Crippen MR) is 47.5 cm³/mol. The van der Waals surface area contributed by atoms with Crippen molar-refractivity contribution in [3.8, 4) is 0 Å². The van der Waals surface area contributed by atoms with Crippen molar-refractivity contribution in [2.24, 2.45) is 4.99 Å². The lowest BCUT2D eigenvalue weighted by Gasteiger charge is -1.95. The fourth-order valence-electron chi connectivity index (χ4n) is 0.915. The molecule has 0 fully saturated rings. The van der Waals surface area contributed by atoms with E-state index in [-0.39, 0.29) is 5.69 Å². The normalized spacial score (nSPS) is 9.07. The molecule has 1 aromatic rings. The number of nitro benzene ring substituents is 2. The van der Waals surface area contributed by atoms with Crippen molar-refractivity contribution < 1.29 is 14.6 Å². The van der Waals surface area contributed by atoms with Crippen LogP contribution in [-0.4, -0.2) is 15.9 Å². The molecular formula is C7H3N3O5. The van der Waals surface area contributed by atoms with Crippen molar-refractivity contribution in [3.63, 3.8) is 0 Å². The van der Waals surface area contributed by atoms with Gasteiger partial charge >= 0.3 is 5.69 Å². The molecule has 0 amide bonds. The average Bonchev–Trinajstić information content (AvgIpc) is 2.18. The van der Waals surface area contributed by atoms with Crippen molar-refractivity contribution in [2.75, 3.05) is 0 Å². The van der Waals surface area contributed by atoms with Crippen LogP contribution in [0.5, 0.6) is 0 Å². The third-order valence-electron chi connectivity index (χ3n) is 1.53. The zero-order valence-electron chi connectivity index (χ0n) is 7.11. The second-order valence-corrected chi connectivity index (χ2v) is 2.39. The smallest absolute Gasteiger partial charge is 0.258 e. The first kappa shape index (κ1) is 10.5. The van der Waals surface area contributed by atoms with E-state index in [2.05, 4.69) is 4.99 Å². The van der Waals surface area contributed by atoms with E-state index in [1.54, 1.807) is 0 Å². The highest BCUT2D eigenvalue weighted by molar-refractivity contribution is 5.65. The van der Waals surface area contributed by atoms with Gasteiger partial charge in [0.25, 0.3) is 5.69 Å². The van der Waals surface area contributed by atoms with Gasteiger partial charge in [0.1, 0.15) is 0 Å². The van der Waals surface area contributed by atoms with Gasteiger partial charge in [-0.2, -0.15) is 4.99 Å². The number of isocyanates is 1. The Morgan fingerprint density at radius 2 is 1.87 bits per heavy atom. The first-order valence-electron chi connectivity index (χ1n) is 3.57. The zero-order chi connectivity index (χ0) is 11.4. The molecular weight excluding hydrogens is 206 g/mol. The molecule has 0 unspecified atom stereocenters. The van der Waals surface area contributed by atoms with Crippen molar-refractivity contribution in [3.05, 3.63) is 38.4 Å². The van der Waals surface area contributed by atoms with Gasteiger partial charge in [-0.15, -0.1) is 0 Å². The summed E-state index contributed by atoms with van der Waals surface area (Å²) in [4.78, 5) is 32.1.